The van der Waals surface area contributed by atoms with Crippen molar-refractivity contribution in [2.45, 2.75) is 13.5 Å². The van der Waals surface area contributed by atoms with Gasteiger partial charge in [0.05, 0.1) is 16.8 Å². The van der Waals surface area contributed by atoms with Crippen molar-refractivity contribution < 1.29 is 4.92 Å². The topological polar surface area (TPSA) is 68.1 Å². The molecule has 0 aliphatic rings. The van der Waals surface area contributed by atoms with Crippen LogP contribution in [0.15, 0.2) is 42.7 Å². The van der Waals surface area contributed by atoms with E-state index < -0.39 is 0 Å². The molecule has 5 heteroatoms. The van der Waals surface area contributed by atoms with Crippen molar-refractivity contribution in [3.63, 3.8) is 0 Å². The smallest absolute Gasteiger partial charge is 0.274 e. The number of aromatic nitrogens is 1. The Morgan fingerprint density at radius 3 is 2.83 bits per heavy atom. The summed E-state index contributed by atoms with van der Waals surface area (Å²) in [5, 5.41) is 14.0. The van der Waals surface area contributed by atoms with Gasteiger partial charge in [0, 0.05) is 24.4 Å². The van der Waals surface area contributed by atoms with Gasteiger partial charge in [-0.15, -0.1) is 0 Å². The predicted octanol–water partition coefficient (Wildman–Crippen LogP) is 2.91. The minimum Gasteiger partial charge on any atom is -0.379 e. The number of pyridine rings is 1. The molecule has 1 aromatic heterocycles. The molecule has 2 aromatic rings. The second-order valence-corrected chi connectivity index (χ2v) is 3.93. The summed E-state index contributed by atoms with van der Waals surface area (Å²) in [6.45, 7) is 2.37. The molecule has 0 aliphatic heterocycles. The van der Waals surface area contributed by atoms with Crippen LogP contribution in [0.5, 0.6) is 0 Å². The number of nitro groups is 1. The molecule has 0 fully saturated rings. The largest absolute Gasteiger partial charge is 0.379 e. The highest BCUT2D eigenvalue weighted by molar-refractivity contribution is 5.50. The number of nitrogens with one attached hydrogen (secondary N) is 1. The van der Waals surface area contributed by atoms with Gasteiger partial charge in [0.15, 0.2) is 0 Å². The molecule has 1 aromatic carbocycles. The number of benzene rings is 1. The van der Waals surface area contributed by atoms with Crippen LogP contribution in [-0.2, 0) is 6.54 Å². The maximum absolute atomic E-state index is 10.9. The van der Waals surface area contributed by atoms with Gasteiger partial charge in [-0.3, -0.25) is 15.1 Å². The minimum atomic E-state index is -0.368. The number of hydrogen-bond donors (Lipinski definition) is 1. The van der Waals surface area contributed by atoms with E-state index in [-0.39, 0.29) is 10.6 Å². The fourth-order valence-electron chi connectivity index (χ4n) is 1.68. The minimum absolute atomic E-state index is 0.131. The predicted molar refractivity (Wildman–Crippen MR) is 69.4 cm³/mol. The number of nitro benzene ring substituents is 1. The summed E-state index contributed by atoms with van der Waals surface area (Å²) < 4.78 is 0. The first-order valence-electron chi connectivity index (χ1n) is 5.55. The quantitative estimate of drug-likeness (QED) is 0.662. The molecule has 0 bridgehead atoms. The Morgan fingerprint density at radius 2 is 2.11 bits per heavy atom. The lowest BCUT2D eigenvalue weighted by Gasteiger charge is -2.08. The van der Waals surface area contributed by atoms with Crippen LogP contribution in [0.4, 0.5) is 11.4 Å². The standard InChI is InChI=1S/C13H13N3O2/c1-10-6-7-14-9-12(10)15-8-11-4-2-3-5-13(11)16(17)18/h2-7,9,15H,8H2,1H3. The third-order valence-corrected chi connectivity index (χ3v) is 2.70. The van der Waals surface area contributed by atoms with Crippen LogP contribution >= 0.6 is 0 Å². The Bertz CT molecular complexity index is 570. The van der Waals surface area contributed by atoms with Gasteiger partial charge in [0.1, 0.15) is 0 Å². The van der Waals surface area contributed by atoms with Crippen LogP contribution in [0, 0.1) is 17.0 Å². The molecular formula is C13H13N3O2. The monoisotopic (exact) mass is 243 g/mol. The van der Waals surface area contributed by atoms with E-state index in [9.17, 15) is 10.1 Å². The van der Waals surface area contributed by atoms with Crippen LogP contribution < -0.4 is 5.32 Å². The lowest BCUT2D eigenvalue weighted by atomic mass is 10.1. The molecule has 0 amide bonds. The van der Waals surface area contributed by atoms with Gasteiger partial charge in [-0.2, -0.15) is 0 Å². The SMILES string of the molecule is Cc1ccncc1NCc1ccccc1[N+](=O)[O-]. The van der Waals surface area contributed by atoms with Gasteiger partial charge in [-0.1, -0.05) is 18.2 Å². The van der Waals surface area contributed by atoms with Crippen molar-refractivity contribution in [3.8, 4) is 0 Å². The lowest BCUT2D eigenvalue weighted by molar-refractivity contribution is -0.385. The molecule has 0 radical (unpaired) electrons. The summed E-state index contributed by atoms with van der Waals surface area (Å²) in [6.07, 6.45) is 3.43. The summed E-state index contributed by atoms with van der Waals surface area (Å²) in [6, 6.07) is 8.60. The van der Waals surface area contributed by atoms with Crippen LogP contribution in [0.25, 0.3) is 0 Å². The maximum Gasteiger partial charge on any atom is 0.274 e. The van der Waals surface area contributed by atoms with Gasteiger partial charge in [-0.05, 0) is 18.6 Å². The Balaban J connectivity index is 2.16. The fraction of sp³-hybridized carbons (Fsp3) is 0.154. The van der Waals surface area contributed by atoms with Crippen LogP contribution in [0.3, 0.4) is 0 Å². The van der Waals surface area contributed by atoms with E-state index in [0.29, 0.717) is 12.1 Å². The second-order valence-electron chi connectivity index (χ2n) is 3.93. The van der Waals surface area contributed by atoms with E-state index >= 15 is 0 Å². The number of para-hydroxylation sites is 1. The summed E-state index contributed by atoms with van der Waals surface area (Å²) >= 11 is 0. The van der Waals surface area contributed by atoms with E-state index in [1.807, 2.05) is 13.0 Å². The van der Waals surface area contributed by atoms with Gasteiger partial charge in [0.25, 0.3) is 5.69 Å². The van der Waals surface area contributed by atoms with E-state index in [2.05, 4.69) is 10.3 Å². The molecule has 1 heterocycles. The first-order valence-corrected chi connectivity index (χ1v) is 5.55. The molecule has 0 atom stereocenters. The summed E-state index contributed by atoms with van der Waals surface area (Å²) in [5.74, 6) is 0. The van der Waals surface area contributed by atoms with E-state index in [0.717, 1.165) is 11.3 Å². The normalized spacial score (nSPS) is 10.1. The molecule has 0 unspecified atom stereocenters. The Hall–Kier alpha value is -2.43. The van der Waals surface area contributed by atoms with Crippen molar-refractivity contribution >= 4 is 11.4 Å². The molecule has 18 heavy (non-hydrogen) atoms. The summed E-state index contributed by atoms with van der Waals surface area (Å²) in [5.41, 5.74) is 2.73. The molecule has 92 valence electrons. The van der Waals surface area contributed by atoms with Crippen molar-refractivity contribution in [1.82, 2.24) is 4.98 Å². The zero-order valence-corrected chi connectivity index (χ0v) is 9.96. The van der Waals surface area contributed by atoms with E-state index in [1.165, 1.54) is 6.07 Å². The molecule has 2 rings (SSSR count). The van der Waals surface area contributed by atoms with Crippen LogP contribution in [-0.4, -0.2) is 9.91 Å². The molecular weight excluding hydrogens is 230 g/mol. The van der Waals surface area contributed by atoms with Gasteiger partial charge in [0.2, 0.25) is 0 Å². The molecule has 5 nitrogen and oxygen atoms in total. The van der Waals surface area contributed by atoms with Crippen molar-refractivity contribution in [2.24, 2.45) is 0 Å². The van der Waals surface area contributed by atoms with Crippen LogP contribution in [0.1, 0.15) is 11.1 Å². The highest BCUT2D eigenvalue weighted by atomic mass is 16.6. The van der Waals surface area contributed by atoms with Crippen molar-refractivity contribution in [2.75, 3.05) is 5.32 Å². The molecule has 0 saturated heterocycles. The summed E-state index contributed by atoms with van der Waals surface area (Å²) in [4.78, 5) is 14.5. The number of anilines is 1. The molecule has 1 N–H and O–H groups in total. The van der Waals surface area contributed by atoms with Gasteiger partial charge in [-0.25, -0.2) is 0 Å². The Morgan fingerprint density at radius 1 is 1.33 bits per heavy atom. The average molecular weight is 243 g/mol. The zero-order valence-electron chi connectivity index (χ0n) is 9.96. The Kier molecular flexibility index (Phi) is 3.52. The lowest BCUT2D eigenvalue weighted by Crippen LogP contribution is -2.04. The number of rotatable bonds is 4. The zero-order chi connectivity index (χ0) is 13.0. The van der Waals surface area contributed by atoms with Gasteiger partial charge < -0.3 is 5.32 Å². The fourth-order valence-corrected chi connectivity index (χ4v) is 1.68. The average Bonchev–Trinajstić information content (AvgIpc) is 2.38. The molecule has 0 aliphatic carbocycles. The third kappa shape index (κ3) is 2.63. The summed E-state index contributed by atoms with van der Waals surface area (Å²) in [7, 11) is 0. The van der Waals surface area contributed by atoms with E-state index in [4.69, 9.17) is 0 Å². The number of nitrogens with zero attached hydrogens (tertiary/aromatic N) is 2. The third-order valence-electron chi connectivity index (χ3n) is 2.70. The number of aryl methyl sites for hydroxylation is 1. The molecule has 0 spiro atoms. The van der Waals surface area contributed by atoms with Crippen molar-refractivity contribution in [1.29, 1.82) is 0 Å². The number of hydrogen-bond acceptors (Lipinski definition) is 4. The van der Waals surface area contributed by atoms with E-state index in [1.54, 1.807) is 30.6 Å². The highest BCUT2D eigenvalue weighted by Gasteiger charge is 2.11. The maximum atomic E-state index is 10.9. The Labute approximate surface area is 105 Å². The van der Waals surface area contributed by atoms with Crippen molar-refractivity contribution in [3.05, 3.63) is 64.0 Å². The van der Waals surface area contributed by atoms with Gasteiger partial charge >= 0.3 is 0 Å². The second kappa shape index (κ2) is 5.27. The molecule has 0 saturated carbocycles. The highest BCUT2D eigenvalue weighted by Crippen LogP contribution is 2.20. The first kappa shape index (κ1) is 12.0. The van der Waals surface area contributed by atoms with Crippen LogP contribution in [0.2, 0.25) is 0 Å². The first-order chi connectivity index (χ1) is 8.68.